The van der Waals surface area contributed by atoms with E-state index >= 15 is 0 Å². The molecule has 2 amide bonds. The molecule has 0 aromatic heterocycles. The number of carbonyl (C=O) groups is 2. The highest BCUT2D eigenvalue weighted by atomic mass is 16.2. The second kappa shape index (κ2) is 5.87. The zero-order chi connectivity index (χ0) is 13.8. The van der Waals surface area contributed by atoms with E-state index in [1.165, 1.54) is 0 Å². The summed E-state index contributed by atoms with van der Waals surface area (Å²) in [5, 5.41) is 2.88. The van der Waals surface area contributed by atoms with Crippen LogP contribution in [0.2, 0.25) is 0 Å². The molecule has 1 saturated heterocycles. The monoisotopic (exact) mass is 260 g/mol. The van der Waals surface area contributed by atoms with Gasteiger partial charge in [-0.05, 0) is 18.4 Å². The van der Waals surface area contributed by atoms with Crippen LogP contribution in [-0.2, 0) is 9.59 Å². The summed E-state index contributed by atoms with van der Waals surface area (Å²) in [4.78, 5) is 25.8. The molecule has 0 aliphatic carbocycles. The van der Waals surface area contributed by atoms with E-state index in [1.807, 2.05) is 37.3 Å². The minimum atomic E-state index is -0.352. The van der Waals surface area contributed by atoms with E-state index < -0.39 is 0 Å². The molecule has 0 spiro atoms. The number of nitrogens with one attached hydrogen (secondary N) is 1. The van der Waals surface area contributed by atoms with Crippen molar-refractivity contribution in [3.05, 3.63) is 35.9 Å². The fourth-order valence-electron chi connectivity index (χ4n) is 2.49. The minimum absolute atomic E-state index is 0.0104. The van der Waals surface area contributed by atoms with E-state index in [0.29, 0.717) is 13.0 Å². The van der Waals surface area contributed by atoms with Crippen molar-refractivity contribution >= 4 is 11.8 Å². The predicted octanol–water partition coefficient (Wildman–Crippen LogP) is 1.53. The van der Waals surface area contributed by atoms with Gasteiger partial charge in [0.15, 0.2) is 0 Å². The van der Waals surface area contributed by atoms with E-state index in [-0.39, 0.29) is 23.8 Å². The van der Waals surface area contributed by atoms with Crippen molar-refractivity contribution in [3.8, 4) is 0 Å². The first-order valence-corrected chi connectivity index (χ1v) is 6.73. The molecule has 2 atom stereocenters. The Morgan fingerprint density at radius 3 is 2.63 bits per heavy atom. The lowest BCUT2D eigenvalue weighted by Gasteiger charge is -2.18. The first-order chi connectivity index (χ1) is 9.13. The third-order valence-electron chi connectivity index (χ3n) is 3.67. The normalized spacial score (nSPS) is 20.4. The van der Waals surface area contributed by atoms with Gasteiger partial charge in [-0.2, -0.15) is 0 Å². The fraction of sp³-hybridized carbons (Fsp3) is 0.467. The summed E-state index contributed by atoms with van der Waals surface area (Å²) in [7, 11) is 1.77. The molecule has 1 fully saturated rings. The Balaban J connectivity index is 2.04. The number of benzene rings is 1. The smallest absolute Gasteiger partial charge is 0.244 e. The molecule has 0 saturated carbocycles. The number of nitrogens with zero attached hydrogens (tertiary/aromatic N) is 1. The largest absolute Gasteiger partial charge is 0.344 e. The highest BCUT2D eigenvalue weighted by Gasteiger charge is 2.32. The Hall–Kier alpha value is -1.84. The number of hydrogen-bond acceptors (Lipinski definition) is 2. The van der Waals surface area contributed by atoms with Crippen LogP contribution in [-0.4, -0.2) is 36.3 Å². The maximum Gasteiger partial charge on any atom is 0.244 e. The molecule has 0 unspecified atom stereocenters. The number of hydrogen-bond donors (Lipinski definition) is 1. The molecule has 19 heavy (non-hydrogen) atoms. The minimum Gasteiger partial charge on any atom is -0.344 e. The second-order valence-corrected chi connectivity index (χ2v) is 4.98. The quantitative estimate of drug-likeness (QED) is 0.892. The summed E-state index contributed by atoms with van der Waals surface area (Å²) < 4.78 is 0. The summed E-state index contributed by atoms with van der Waals surface area (Å²) in [5.74, 6) is -0.224. The Morgan fingerprint density at radius 2 is 2.11 bits per heavy atom. The number of likely N-dealkylation sites (N-methyl/N-ethyl adjacent to an activating group) is 1. The van der Waals surface area contributed by atoms with Gasteiger partial charge in [0.25, 0.3) is 0 Å². The van der Waals surface area contributed by atoms with Crippen molar-refractivity contribution in [3.63, 3.8) is 0 Å². The zero-order valence-electron chi connectivity index (χ0n) is 11.4. The van der Waals surface area contributed by atoms with E-state index in [1.54, 1.807) is 11.9 Å². The van der Waals surface area contributed by atoms with Gasteiger partial charge in [0, 0.05) is 13.6 Å². The molecule has 4 heteroatoms. The Kier molecular flexibility index (Phi) is 4.20. The summed E-state index contributed by atoms with van der Waals surface area (Å²) in [5.41, 5.74) is 1.00. The third-order valence-corrected chi connectivity index (χ3v) is 3.67. The summed E-state index contributed by atoms with van der Waals surface area (Å²) in [6.45, 7) is 2.70. The van der Waals surface area contributed by atoms with Gasteiger partial charge in [-0.1, -0.05) is 37.3 Å². The molecule has 102 valence electrons. The van der Waals surface area contributed by atoms with Crippen molar-refractivity contribution < 1.29 is 9.59 Å². The van der Waals surface area contributed by atoms with Gasteiger partial charge in [-0.25, -0.2) is 0 Å². The molecular formula is C15H20N2O2. The lowest BCUT2D eigenvalue weighted by molar-refractivity contribution is -0.132. The Bertz CT molecular complexity index is 458. The molecule has 4 nitrogen and oxygen atoms in total. The van der Waals surface area contributed by atoms with Crippen molar-refractivity contribution in [1.29, 1.82) is 0 Å². The van der Waals surface area contributed by atoms with Gasteiger partial charge in [-0.15, -0.1) is 0 Å². The Morgan fingerprint density at radius 1 is 1.42 bits per heavy atom. The van der Waals surface area contributed by atoms with Crippen LogP contribution in [0, 0.1) is 0 Å². The average Bonchev–Trinajstić information content (AvgIpc) is 2.73. The Labute approximate surface area is 113 Å². The molecular weight excluding hydrogens is 240 g/mol. The number of rotatable bonds is 4. The number of amides is 2. The van der Waals surface area contributed by atoms with Crippen LogP contribution in [0.4, 0.5) is 0 Å². The number of carbonyl (C=O) groups excluding carboxylic acids is 2. The van der Waals surface area contributed by atoms with Crippen LogP contribution in [0.5, 0.6) is 0 Å². The summed E-state index contributed by atoms with van der Waals surface area (Å²) >= 11 is 0. The molecule has 1 heterocycles. The first-order valence-electron chi connectivity index (χ1n) is 6.73. The first kappa shape index (κ1) is 13.6. The van der Waals surface area contributed by atoms with Crippen LogP contribution < -0.4 is 5.32 Å². The van der Waals surface area contributed by atoms with Crippen molar-refractivity contribution in [1.82, 2.24) is 10.2 Å². The standard InChI is InChI=1S/C15H20N2O2/c1-3-12(11-7-5-4-6-8-11)14(18)16-13-9-10-17(2)15(13)19/h4-8,12-13H,3,9-10H2,1-2H3,(H,16,18)/t12-,13-/m1/s1. The molecule has 1 aromatic carbocycles. The van der Waals surface area contributed by atoms with Gasteiger partial charge in [0.1, 0.15) is 6.04 Å². The topological polar surface area (TPSA) is 49.4 Å². The van der Waals surface area contributed by atoms with Crippen LogP contribution in [0.15, 0.2) is 30.3 Å². The van der Waals surface area contributed by atoms with Gasteiger partial charge >= 0.3 is 0 Å². The van der Waals surface area contributed by atoms with Crippen LogP contribution in [0.25, 0.3) is 0 Å². The lowest BCUT2D eigenvalue weighted by atomic mass is 9.95. The molecule has 1 aliphatic rings. The van der Waals surface area contributed by atoms with E-state index in [9.17, 15) is 9.59 Å². The average molecular weight is 260 g/mol. The van der Waals surface area contributed by atoms with Crippen LogP contribution in [0.1, 0.15) is 31.2 Å². The molecule has 1 N–H and O–H groups in total. The lowest BCUT2D eigenvalue weighted by Crippen LogP contribution is -2.42. The van der Waals surface area contributed by atoms with E-state index in [2.05, 4.69) is 5.32 Å². The van der Waals surface area contributed by atoms with Crippen molar-refractivity contribution in [2.24, 2.45) is 0 Å². The third kappa shape index (κ3) is 2.95. The predicted molar refractivity (Wildman–Crippen MR) is 73.7 cm³/mol. The summed E-state index contributed by atoms with van der Waals surface area (Å²) in [6, 6.07) is 9.35. The maximum absolute atomic E-state index is 12.3. The molecule has 1 aromatic rings. The van der Waals surface area contributed by atoms with Gasteiger partial charge < -0.3 is 10.2 Å². The van der Waals surface area contributed by atoms with Crippen molar-refractivity contribution in [2.45, 2.75) is 31.7 Å². The van der Waals surface area contributed by atoms with Gasteiger partial charge in [0.2, 0.25) is 11.8 Å². The van der Waals surface area contributed by atoms with Gasteiger partial charge in [0.05, 0.1) is 5.92 Å². The highest BCUT2D eigenvalue weighted by molar-refractivity contribution is 5.91. The van der Waals surface area contributed by atoms with Crippen LogP contribution >= 0.6 is 0 Å². The maximum atomic E-state index is 12.3. The molecule has 0 bridgehead atoms. The van der Waals surface area contributed by atoms with Crippen molar-refractivity contribution in [2.75, 3.05) is 13.6 Å². The van der Waals surface area contributed by atoms with Crippen LogP contribution in [0.3, 0.4) is 0 Å². The fourth-order valence-corrected chi connectivity index (χ4v) is 2.49. The SMILES string of the molecule is CC[C@@H](C(=O)N[C@@H]1CCN(C)C1=O)c1ccccc1. The molecule has 0 radical (unpaired) electrons. The van der Waals surface area contributed by atoms with Gasteiger partial charge in [-0.3, -0.25) is 9.59 Å². The zero-order valence-corrected chi connectivity index (χ0v) is 11.4. The molecule has 2 rings (SSSR count). The molecule has 1 aliphatic heterocycles. The van der Waals surface area contributed by atoms with E-state index in [4.69, 9.17) is 0 Å². The second-order valence-electron chi connectivity index (χ2n) is 4.98. The number of likely N-dealkylation sites (tertiary alicyclic amines) is 1. The summed E-state index contributed by atoms with van der Waals surface area (Å²) in [6.07, 6.45) is 1.43. The van der Waals surface area contributed by atoms with E-state index in [0.717, 1.165) is 12.0 Å². The highest BCUT2D eigenvalue weighted by Crippen LogP contribution is 2.20.